The molecule has 0 saturated heterocycles. The number of nitrogens with zero attached hydrogens (tertiary/aromatic N) is 2. The fourth-order valence-corrected chi connectivity index (χ4v) is 2.97. The summed E-state index contributed by atoms with van der Waals surface area (Å²) in [5, 5.41) is 0.411. The van der Waals surface area contributed by atoms with Gasteiger partial charge in [-0.15, -0.1) is 0 Å². The molecule has 2 rings (SSSR count). The topological polar surface area (TPSA) is 52.0 Å². The van der Waals surface area contributed by atoms with Crippen molar-refractivity contribution in [3.63, 3.8) is 0 Å². The predicted molar refractivity (Wildman–Crippen MR) is 58.7 cm³/mol. The monoisotopic (exact) mass is 268 g/mol. The molecule has 0 unspecified atom stereocenters. The largest absolute Gasteiger partial charge is 0.319 e. The molecule has 1 aromatic heterocycles. The van der Waals surface area contributed by atoms with Crippen molar-refractivity contribution >= 4 is 31.3 Å². The zero-order valence-corrected chi connectivity index (χ0v) is 10.2. The molecule has 0 bridgehead atoms. The van der Waals surface area contributed by atoms with Crippen LogP contribution in [0.15, 0.2) is 0 Å². The number of hydrogen-bond donors (Lipinski definition) is 0. The maximum atomic E-state index is 10.9. The average Bonchev–Trinajstić information content (AvgIpc) is 2.42. The summed E-state index contributed by atoms with van der Waals surface area (Å²) in [6.45, 7) is 0.809. The van der Waals surface area contributed by atoms with Crippen molar-refractivity contribution in [3.8, 4) is 0 Å². The molecule has 1 aromatic rings. The molecule has 0 spiro atoms. The van der Waals surface area contributed by atoms with E-state index < -0.39 is 9.05 Å². The van der Waals surface area contributed by atoms with Gasteiger partial charge in [0.1, 0.15) is 16.7 Å². The Kier molecular flexibility index (Phi) is 2.96. The van der Waals surface area contributed by atoms with E-state index in [0.29, 0.717) is 10.8 Å². The molecule has 0 aliphatic carbocycles. The number of fused-ring (bicyclic) bond motifs is 1. The van der Waals surface area contributed by atoms with E-state index in [2.05, 4.69) is 4.98 Å². The van der Waals surface area contributed by atoms with E-state index in [4.69, 9.17) is 22.3 Å². The SMILES string of the molecule is O=S(=O)(Cl)Cc1nc2n(c1Cl)CCCC2. The standard InChI is InChI=1S/C8H10Cl2N2O2S/c9-8-6(5-15(10,13)14)11-7-3-1-2-4-12(7)8/h1-5H2. The molecular formula is C8H10Cl2N2O2S. The first-order valence-electron chi connectivity index (χ1n) is 4.63. The smallest absolute Gasteiger partial charge is 0.238 e. The lowest BCUT2D eigenvalue weighted by atomic mass is 10.2. The minimum absolute atomic E-state index is 0.298. The molecule has 84 valence electrons. The Balaban J connectivity index is 2.37. The van der Waals surface area contributed by atoms with E-state index >= 15 is 0 Å². The van der Waals surface area contributed by atoms with E-state index in [1.165, 1.54) is 0 Å². The molecule has 15 heavy (non-hydrogen) atoms. The zero-order valence-electron chi connectivity index (χ0n) is 7.91. The Hall–Kier alpha value is -0.260. The molecule has 0 aromatic carbocycles. The van der Waals surface area contributed by atoms with Crippen LogP contribution in [0.4, 0.5) is 0 Å². The summed E-state index contributed by atoms with van der Waals surface area (Å²) in [6.07, 6.45) is 2.97. The minimum Gasteiger partial charge on any atom is -0.319 e. The van der Waals surface area contributed by atoms with Crippen LogP contribution in [-0.2, 0) is 27.8 Å². The van der Waals surface area contributed by atoms with Gasteiger partial charge < -0.3 is 4.57 Å². The number of aryl methyl sites for hydroxylation is 1. The van der Waals surface area contributed by atoms with Crippen molar-refractivity contribution < 1.29 is 8.42 Å². The molecule has 0 saturated carbocycles. The highest BCUT2D eigenvalue weighted by molar-refractivity contribution is 8.13. The first-order valence-corrected chi connectivity index (χ1v) is 7.49. The molecule has 1 aliphatic rings. The molecular weight excluding hydrogens is 259 g/mol. The van der Waals surface area contributed by atoms with E-state index in [-0.39, 0.29) is 5.75 Å². The Bertz CT molecular complexity index is 481. The molecule has 0 radical (unpaired) electrons. The molecule has 7 heteroatoms. The van der Waals surface area contributed by atoms with E-state index in [0.717, 1.165) is 31.6 Å². The van der Waals surface area contributed by atoms with Gasteiger partial charge in [-0.3, -0.25) is 0 Å². The van der Waals surface area contributed by atoms with Gasteiger partial charge in [0.15, 0.2) is 0 Å². The third-order valence-electron chi connectivity index (χ3n) is 2.39. The van der Waals surface area contributed by atoms with Crippen molar-refractivity contribution in [2.24, 2.45) is 0 Å². The number of aromatic nitrogens is 2. The van der Waals surface area contributed by atoms with Crippen LogP contribution in [0, 0.1) is 0 Å². The Morgan fingerprint density at radius 1 is 1.40 bits per heavy atom. The van der Waals surface area contributed by atoms with Gasteiger partial charge in [0, 0.05) is 23.6 Å². The second-order valence-corrected chi connectivity index (χ2v) is 6.69. The fraction of sp³-hybridized carbons (Fsp3) is 0.625. The van der Waals surface area contributed by atoms with Gasteiger partial charge in [-0.1, -0.05) is 11.6 Å². The Morgan fingerprint density at radius 3 is 2.73 bits per heavy atom. The molecule has 0 atom stereocenters. The highest BCUT2D eigenvalue weighted by atomic mass is 35.7. The highest BCUT2D eigenvalue weighted by Crippen LogP contribution is 2.25. The number of imidazole rings is 1. The fourth-order valence-electron chi connectivity index (χ4n) is 1.76. The molecule has 4 nitrogen and oxygen atoms in total. The lowest BCUT2D eigenvalue weighted by molar-refractivity contribution is 0.523. The van der Waals surface area contributed by atoms with Crippen molar-refractivity contribution in [2.45, 2.75) is 31.6 Å². The van der Waals surface area contributed by atoms with Crippen molar-refractivity contribution in [1.82, 2.24) is 9.55 Å². The summed E-state index contributed by atoms with van der Waals surface area (Å²) in [5.41, 5.74) is 0.364. The van der Waals surface area contributed by atoms with E-state index in [1.54, 1.807) is 0 Å². The van der Waals surface area contributed by atoms with Crippen molar-refractivity contribution in [1.29, 1.82) is 0 Å². The van der Waals surface area contributed by atoms with Gasteiger partial charge in [-0.25, -0.2) is 13.4 Å². The van der Waals surface area contributed by atoms with Crippen LogP contribution in [0.3, 0.4) is 0 Å². The molecule has 2 heterocycles. The summed E-state index contributed by atoms with van der Waals surface area (Å²) >= 11 is 6.03. The van der Waals surface area contributed by atoms with Crippen molar-refractivity contribution in [2.75, 3.05) is 0 Å². The second-order valence-electron chi connectivity index (χ2n) is 3.56. The van der Waals surface area contributed by atoms with Gasteiger partial charge >= 0.3 is 0 Å². The van der Waals surface area contributed by atoms with Crippen LogP contribution in [-0.4, -0.2) is 18.0 Å². The van der Waals surface area contributed by atoms with Gasteiger partial charge in [0.25, 0.3) is 0 Å². The molecule has 0 fully saturated rings. The maximum Gasteiger partial charge on any atom is 0.238 e. The van der Waals surface area contributed by atoms with Crippen LogP contribution < -0.4 is 0 Å². The highest BCUT2D eigenvalue weighted by Gasteiger charge is 2.21. The predicted octanol–water partition coefficient (Wildman–Crippen LogP) is 1.94. The van der Waals surface area contributed by atoms with Gasteiger partial charge in [0.2, 0.25) is 9.05 Å². The minimum atomic E-state index is -3.59. The van der Waals surface area contributed by atoms with Gasteiger partial charge in [0.05, 0.1) is 5.69 Å². The lowest BCUT2D eigenvalue weighted by Crippen LogP contribution is -2.10. The maximum absolute atomic E-state index is 10.9. The number of halogens is 2. The summed E-state index contributed by atoms with van der Waals surface area (Å²) in [6, 6.07) is 0. The Labute approximate surface area is 97.6 Å². The summed E-state index contributed by atoms with van der Waals surface area (Å²) in [7, 11) is 1.58. The lowest BCUT2D eigenvalue weighted by Gasteiger charge is -2.13. The van der Waals surface area contributed by atoms with E-state index in [1.807, 2.05) is 4.57 Å². The second kappa shape index (κ2) is 3.96. The van der Waals surface area contributed by atoms with E-state index in [9.17, 15) is 8.42 Å². The van der Waals surface area contributed by atoms with Crippen LogP contribution in [0.1, 0.15) is 24.4 Å². The summed E-state index contributed by atoms with van der Waals surface area (Å²) in [4.78, 5) is 4.20. The van der Waals surface area contributed by atoms with Crippen molar-refractivity contribution in [3.05, 3.63) is 16.7 Å². The third kappa shape index (κ3) is 2.46. The van der Waals surface area contributed by atoms with Crippen LogP contribution in [0.25, 0.3) is 0 Å². The number of hydrogen-bond acceptors (Lipinski definition) is 3. The first kappa shape index (κ1) is 11.2. The van der Waals surface area contributed by atoms with Gasteiger partial charge in [-0.05, 0) is 12.8 Å². The Morgan fingerprint density at radius 2 is 2.13 bits per heavy atom. The average molecular weight is 269 g/mol. The normalized spacial score (nSPS) is 16.4. The quantitative estimate of drug-likeness (QED) is 0.771. The zero-order chi connectivity index (χ0) is 11.1. The van der Waals surface area contributed by atoms with Crippen LogP contribution in [0.2, 0.25) is 5.15 Å². The molecule has 1 aliphatic heterocycles. The third-order valence-corrected chi connectivity index (χ3v) is 3.76. The number of rotatable bonds is 2. The summed E-state index contributed by atoms with van der Waals surface area (Å²) in [5.74, 6) is 0.564. The first-order chi connectivity index (χ1) is 6.97. The molecule has 0 amide bonds. The van der Waals surface area contributed by atoms with Crippen LogP contribution in [0.5, 0.6) is 0 Å². The van der Waals surface area contributed by atoms with Gasteiger partial charge in [-0.2, -0.15) is 0 Å². The van der Waals surface area contributed by atoms with Crippen LogP contribution >= 0.6 is 22.3 Å². The molecule has 0 N–H and O–H groups in total. The summed E-state index contributed by atoms with van der Waals surface area (Å²) < 4.78 is 23.7.